The summed E-state index contributed by atoms with van der Waals surface area (Å²) in [6.07, 6.45) is 5.22. The standard InChI is InChI=1S/C23H30N2O3S/c1-3-5-11-17-27-20-14-9-7-12-18(20)22(26)25-23(29)24-19-13-8-10-15-21(19)28-16-6-4-2/h7-10,12-15H,3-6,11,16-17H2,1-2H3,(H2,24,25,26,29). The lowest BCUT2D eigenvalue weighted by Gasteiger charge is -2.15. The summed E-state index contributed by atoms with van der Waals surface area (Å²) in [7, 11) is 0. The zero-order chi connectivity index (χ0) is 20.9. The molecule has 0 fully saturated rings. The lowest BCUT2D eigenvalue weighted by molar-refractivity contribution is 0.0973. The van der Waals surface area contributed by atoms with Gasteiger partial charge in [-0.05, 0) is 49.3 Å². The predicted octanol–water partition coefficient (Wildman–Crippen LogP) is 5.56. The van der Waals surface area contributed by atoms with Crippen LogP contribution in [0.3, 0.4) is 0 Å². The lowest BCUT2D eigenvalue weighted by Crippen LogP contribution is -2.34. The molecule has 1 amide bonds. The maximum Gasteiger partial charge on any atom is 0.261 e. The quantitative estimate of drug-likeness (QED) is 0.372. The molecule has 0 aliphatic heterocycles. The van der Waals surface area contributed by atoms with Crippen molar-refractivity contribution in [3.05, 3.63) is 54.1 Å². The zero-order valence-electron chi connectivity index (χ0n) is 17.2. The fourth-order valence-corrected chi connectivity index (χ4v) is 2.86. The Balaban J connectivity index is 1.97. The van der Waals surface area contributed by atoms with E-state index in [1.54, 1.807) is 18.2 Å². The molecule has 2 aromatic carbocycles. The highest BCUT2D eigenvalue weighted by Crippen LogP contribution is 2.24. The maximum absolute atomic E-state index is 12.7. The second-order valence-electron chi connectivity index (χ2n) is 6.66. The number of nitrogens with one attached hydrogen (secondary N) is 2. The first-order valence-electron chi connectivity index (χ1n) is 10.2. The lowest BCUT2D eigenvalue weighted by atomic mass is 10.2. The summed E-state index contributed by atoms with van der Waals surface area (Å²) in [6.45, 7) is 5.48. The van der Waals surface area contributed by atoms with Gasteiger partial charge in [-0.1, -0.05) is 57.4 Å². The number of hydrogen-bond donors (Lipinski definition) is 2. The van der Waals surface area contributed by atoms with E-state index in [4.69, 9.17) is 21.7 Å². The average Bonchev–Trinajstić information content (AvgIpc) is 2.73. The van der Waals surface area contributed by atoms with Crippen LogP contribution in [0.1, 0.15) is 56.3 Å². The van der Waals surface area contributed by atoms with Crippen LogP contribution in [0.4, 0.5) is 5.69 Å². The molecular formula is C23H30N2O3S. The Bertz CT molecular complexity index is 795. The van der Waals surface area contributed by atoms with Gasteiger partial charge in [0.05, 0.1) is 24.5 Å². The minimum Gasteiger partial charge on any atom is -0.493 e. The van der Waals surface area contributed by atoms with Gasteiger partial charge in [0, 0.05) is 0 Å². The highest BCUT2D eigenvalue weighted by atomic mass is 32.1. The summed E-state index contributed by atoms with van der Waals surface area (Å²) in [5.74, 6) is 0.961. The van der Waals surface area contributed by atoms with Crippen LogP contribution in [0.2, 0.25) is 0 Å². The van der Waals surface area contributed by atoms with Crippen molar-refractivity contribution < 1.29 is 14.3 Å². The molecule has 6 heteroatoms. The Hall–Kier alpha value is -2.60. The number of unbranched alkanes of at least 4 members (excludes halogenated alkanes) is 3. The minimum absolute atomic E-state index is 0.210. The summed E-state index contributed by atoms with van der Waals surface area (Å²) in [5, 5.41) is 5.99. The molecule has 2 aromatic rings. The third kappa shape index (κ3) is 7.74. The topological polar surface area (TPSA) is 59.6 Å². The number of anilines is 1. The molecule has 2 rings (SSSR count). The molecule has 5 nitrogen and oxygen atoms in total. The number of rotatable bonds is 11. The molecule has 0 saturated heterocycles. The van der Waals surface area contributed by atoms with Gasteiger partial charge in [-0.3, -0.25) is 10.1 Å². The fourth-order valence-electron chi connectivity index (χ4n) is 2.66. The molecular weight excluding hydrogens is 384 g/mol. The van der Waals surface area contributed by atoms with Crippen molar-refractivity contribution in [2.45, 2.75) is 46.0 Å². The Morgan fingerprint density at radius 1 is 0.862 bits per heavy atom. The predicted molar refractivity (Wildman–Crippen MR) is 122 cm³/mol. The first-order chi connectivity index (χ1) is 14.2. The number of carbonyl (C=O) groups excluding carboxylic acids is 1. The van der Waals surface area contributed by atoms with Crippen molar-refractivity contribution in [1.82, 2.24) is 5.32 Å². The Morgan fingerprint density at radius 2 is 1.48 bits per heavy atom. The van der Waals surface area contributed by atoms with E-state index in [9.17, 15) is 4.79 Å². The minimum atomic E-state index is -0.307. The van der Waals surface area contributed by atoms with E-state index in [1.165, 1.54) is 0 Å². The van der Waals surface area contributed by atoms with Gasteiger partial charge in [0.25, 0.3) is 5.91 Å². The molecule has 2 N–H and O–H groups in total. The molecule has 0 heterocycles. The number of benzene rings is 2. The maximum atomic E-state index is 12.7. The zero-order valence-corrected chi connectivity index (χ0v) is 18.0. The molecule has 0 spiro atoms. The van der Waals surface area contributed by atoms with Crippen LogP contribution < -0.4 is 20.1 Å². The van der Waals surface area contributed by atoms with Crippen molar-refractivity contribution in [2.24, 2.45) is 0 Å². The van der Waals surface area contributed by atoms with Gasteiger partial charge in [0.15, 0.2) is 5.11 Å². The van der Waals surface area contributed by atoms with Crippen LogP contribution in [-0.2, 0) is 0 Å². The molecule has 0 aromatic heterocycles. The molecule has 0 aliphatic rings. The summed E-state index contributed by atoms with van der Waals surface area (Å²) in [5.41, 5.74) is 1.18. The van der Waals surface area contributed by atoms with E-state index in [0.29, 0.717) is 30.3 Å². The molecule has 156 valence electrons. The summed E-state index contributed by atoms with van der Waals surface area (Å²) >= 11 is 5.33. The van der Waals surface area contributed by atoms with Crippen LogP contribution in [0, 0.1) is 0 Å². The van der Waals surface area contributed by atoms with E-state index in [1.807, 2.05) is 30.3 Å². The molecule has 29 heavy (non-hydrogen) atoms. The van der Waals surface area contributed by atoms with E-state index < -0.39 is 0 Å². The summed E-state index contributed by atoms with van der Waals surface area (Å²) in [6, 6.07) is 14.7. The third-order valence-corrected chi connectivity index (χ3v) is 4.46. The van der Waals surface area contributed by atoms with E-state index >= 15 is 0 Å². The van der Waals surface area contributed by atoms with Crippen molar-refractivity contribution in [3.8, 4) is 11.5 Å². The molecule has 0 aliphatic carbocycles. The van der Waals surface area contributed by atoms with Crippen LogP contribution in [0.15, 0.2) is 48.5 Å². The van der Waals surface area contributed by atoms with Gasteiger partial charge in [-0.15, -0.1) is 0 Å². The summed E-state index contributed by atoms with van der Waals surface area (Å²) < 4.78 is 11.6. The molecule has 0 saturated carbocycles. The van der Waals surface area contributed by atoms with Gasteiger partial charge >= 0.3 is 0 Å². The number of ether oxygens (including phenoxy) is 2. The van der Waals surface area contributed by atoms with E-state index in [0.717, 1.165) is 37.8 Å². The monoisotopic (exact) mass is 414 g/mol. The van der Waals surface area contributed by atoms with E-state index in [-0.39, 0.29) is 11.0 Å². The van der Waals surface area contributed by atoms with Gasteiger partial charge < -0.3 is 14.8 Å². The Labute approximate surface area is 178 Å². The first kappa shape index (κ1) is 22.7. The third-order valence-electron chi connectivity index (χ3n) is 4.25. The Kier molecular flexibility index (Phi) is 10.00. The largest absolute Gasteiger partial charge is 0.493 e. The molecule has 0 radical (unpaired) electrons. The first-order valence-corrected chi connectivity index (χ1v) is 10.6. The smallest absolute Gasteiger partial charge is 0.261 e. The Morgan fingerprint density at radius 3 is 2.24 bits per heavy atom. The second kappa shape index (κ2) is 12.8. The number of para-hydroxylation sites is 3. The average molecular weight is 415 g/mol. The molecule has 0 atom stereocenters. The number of carbonyl (C=O) groups is 1. The number of amides is 1. The van der Waals surface area contributed by atoms with Crippen LogP contribution in [0.5, 0.6) is 11.5 Å². The molecule has 0 bridgehead atoms. The highest BCUT2D eigenvalue weighted by molar-refractivity contribution is 7.80. The summed E-state index contributed by atoms with van der Waals surface area (Å²) in [4.78, 5) is 12.7. The van der Waals surface area contributed by atoms with Crippen LogP contribution in [-0.4, -0.2) is 24.2 Å². The van der Waals surface area contributed by atoms with E-state index in [2.05, 4.69) is 24.5 Å². The van der Waals surface area contributed by atoms with Gasteiger partial charge in [0.1, 0.15) is 11.5 Å². The van der Waals surface area contributed by atoms with Crippen molar-refractivity contribution in [3.63, 3.8) is 0 Å². The second-order valence-corrected chi connectivity index (χ2v) is 7.07. The van der Waals surface area contributed by atoms with Gasteiger partial charge in [-0.2, -0.15) is 0 Å². The fraction of sp³-hybridized carbons (Fsp3) is 0.391. The van der Waals surface area contributed by atoms with Crippen molar-refractivity contribution >= 4 is 28.9 Å². The number of hydrogen-bond acceptors (Lipinski definition) is 4. The normalized spacial score (nSPS) is 10.3. The van der Waals surface area contributed by atoms with Gasteiger partial charge in [-0.25, -0.2) is 0 Å². The van der Waals surface area contributed by atoms with Crippen molar-refractivity contribution in [2.75, 3.05) is 18.5 Å². The highest BCUT2D eigenvalue weighted by Gasteiger charge is 2.14. The SMILES string of the molecule is CCCCCOc1ccccc1C(=O)NC(=S)Nc1ccccc1OCCCC. The molecule has 0 unspecified atom stereocenters. The number of thiocarbonyl (C=S) groups is 1. The van der Waals surface area contributed by atoms with Crippen LogP contribution in [0.25, 0.3) is 0 Å². The van der Waals surface area contributed by atoms with Crippen molar-refractivity contribution in [1.29, 1.82) is 0 Å². The van der Waals surface area contributed by atoms with Crippen LogP contribution >= 0.6 is 12.2 Å². The van der Waals surface area contributed by atoms with Gasteiger partial charge in [0.2, 0.25) is 0 Å².